The third kappa shape index (κ3) is 2.29. The van der Waals surface area contributed by atoms with Gasteiger partial charge < -0.3 is 10.2 Å². The molecular formula is C15H12Cl2N2O. The SMILES string of the molecule is Cc1ccc2oc(C(N)c3cccc(Cl)c3Cl)cc2n1. The van der Waals surface area contributed by atoms with E-state index in [0.717, 1.165) is 16.8 Å². The lowest BCUT2D eigenvalue weighted by Crippen LogP contribution is -2.11. The van der Waals surface area contributed by atoms with E-state index in [1.165, 1.54) is 0 Å². The molecule has 0 bridgehead atoms. The summed E-state index contributed by atoms with van der Waals surface area (Å²) in [6.45, 7) is 1.93. The van der Waals surface area contributed by atoms with E-state index in [-0.39, 0.29) is 0 Å². The van der Waals surface area contributed by atoms with E-state index in [9.17, 15) is 0 Å². The summed E-state index contributed by atoms with van der Waals surface area (Å²) in [6.07, 6.45) is 0. The summed E-state index contributed by atoms with van der Waals surface area (Å²) >= 11 is 12.2. The highest BCUT2D eigenvalue weighted by Crippen LogP contribution is 2.33. The zero-order valence-corrected chi connectivity index (χ0v) is 12.2. The molecule has 0 aliphatic heterocycles. The Morgan fingerprint density at radius 1 is 1.20 bits per heavy atom. The number of furan rings is 1. The molecule has 2 aromatic heterocycles. The third-order valence-corrected chi connectivity index (χ3v) is 3.99. The highest BCUT2D eigenvalue weighted by Gasteiger charge is 2.18. The summed E-state index contributed by atoms with van der Waals surface area (Å²) in [7, 11) is 0. The van der Waals surface area contributed by atoms with Gasteiger partial charge >= 0.3 is 0 Å². The van der Waals surface area contributed by atoms with Crippen molar-refractivity contribution in [2.45, 2.75) is 13.0 Å². The van der Waals surface area contributed by atoms with E-state index in [2.05, 4.69) is 4.98 Å². The van der Waals surface area contributed by atoms with Crippen LogP contribution in [0.2, 0.25) is 10.0 Å². The van der Waals surface area contributed by atoms with E-state index in [1.54, 1.807) is 6.07 Å². The number of aromatic nitrogens is 1. The molecule has 0 spiro atoms. The van der Waals surface area contributed by atoms with Crippen LogP contribution >= 0.6 is 23.2 Å². The van der Waals surface area contributed by atoms with Crippen LogP contribution in [0.4, 0.5) is 0 Å². The molecule has 3 nitrogen and oxygen atoms in total. The molecule has 3 rings (SSSR count). The van der Waals surface area contributed by atoms with Gasteiger partial charge in [0.2, 0.25) is 0 Å². The predicted octanol–water partition coefficient (Wildman–Crippen LogP) is 4.49. The Kier molecular flexibility index (Phi) is 3.42. The number of nitrogens with two attached hydrogens (primary N) is 1. The number of hydrogen-bond donors (Lipinski definition) is 1. The number of hydrogen-bond acceptors (Lipinski definition) is 3. The Labute approximate surface area is 126 Å². The van der Waals surface area contributed by atoms with Gasteiger partial charge in [0, 0.05) is 11.8 Å². The van der Waals surface area contributed by atoms with Crippen LogP contribution in [0.15, 0.2) is 40.8 Å². The maximum atomic E-state index is 6.22. The van der Waals surface area contributed by atoms with Crippen LogP contribution < -0.4 is 5.73 Å². The molecule has 2 N–H and O–H groups in total. The van der Waals surface area contributed by atoms with Gasteiger partial charge in [0.25, 0.3) is 0 Å². The van der Waals surface area contributed by atoms with Crippen LogP contribution in [0.5, 0.6) is 0 Å². The first kappa shape index (κ1) is 13.4. The zero-order chi connectivity index (χ0) is 14.3. The highest BCUT2D eigenvalue weighted by molar-refractivity contribution is 6.42. The fourth-order valence-corrected chi connectivity index (χ4v) is 2.54. The second-order valence-electron chi connectivity index (χ2n) is 4.61. The number of rotatable bonds is 2. The number of pyridine rings is 1. The largest absolute Gasteiger partial charge is 0.457 e. The number of halogens is 2. The minimum atomic E-state index is -0.476. The second kappa shape index (κ2) is 5.09. The smallest absolute Gasteiger partial charge is 0.152 e. The summed E-state index contributed by atoms with van der Waals surface area (Å²) in [5.74, 6) is 0.613. The molecule has 3 aromatic rings. The molecule has 1 atom stereocenters. The molecular weight excluding hydrogens is 295 g/mol. The van der Waals surface area contributed by atoms with Gasteiger partial charge in [-0.1, -0.05) is 35.3 Å². The summed E-state index contributed by atoms with van der Waals surface area (Å²) in [5.41, 5.74) is 9.38. The van der Waals surface area contributed by atoms with Crippen molar-refractivity contribution < 1.29 is 4.42 Å². The number of nitrogens with zero attached hydrogens (tertiary/aromatic N) is 1. The molecule has 1 unspecified atom stereocenters. The molecule has 0 radical (unpaired) electrons. The molecule has 0 saturated heterocycles. The topological polar surface area (TPSA) is 52.0 Å². The lowest BCUT2D eigenvalue weighted by Gasteiger charge is -2.11. The monoisotopic (exact) mass is 306 g/mol. The maximum absolute atomic E-state index is 6.22. The van der Waals surface area contributed by atoms with Gasteiger partial charge in [-0.2, -0.15) is 0 Å². The van der Waals surface area contributed by atoms with Gasteiger partial charge in [0.1, 0.15) is 11.3 Å². The lowest BCUT2D eigenvalue weighted by molar-refractivity contribution is 0.525. The minimum Gasteiger partial charge on any atom is -0.457 e. The first-order chi connectivity index (χ1) is 9.56. The highest BCUT2D eigenvalue weighted by atomic mass is 35.5. The Balaban J connectivity index is 2.08. The summed E-state index contributed by atoms with van der Waals surface area (Å²) in [6, 6.07) is 10.5. The van der Waals surface area contributed by atoms with E-state index in [1.807, 2.05) is 37.3 Å². The fraction of sp³-hybridized carbons (Fsp3) is 0.133. The lowest BCUT2D eigenvalue weighted by atomic mass is 10.1. The van der Waals surface area contributed by atoms with Crippen molar-refractivity contribution in [2.24, 2.45) is 5.73 Å². The molecule has 0 aliphatic rings. The van der Waals surface area contributed by atoms with Gasteiger partial charge in [-0.15, -0.1) is 0 Å². The van der Waals surface area contributed by atoms with Crippen molar-refractivity contribution in [1.82, 2.24) is 4.98 Å². The Morgan fingerprint density at radius 2 is 2.00 bits per heavy atom. The van der Waals surface area contributed by atoms with Crippen molar-refractivity contribution in [1.29, 1.82) is 0 Å². The van der Waals surface area contributed by atoms with Crippen LogP contribution in [0.3, 0.4) is 0 Å². The predicted molar refractivity (Wildman–Crippen MR) is 81.2 cm³/mol. The normalized spacial score (nSPS) is 12.8. The average molecular weight is 307 g/mol. The van der Waals surface area contributed by atoms with Gasteiger partial charge in [0.15, 0.2) is 5.58 Å². The maximum Gasteiger partial charge on any atom is 0.152 e. The number of aryl methyl sites for hydroxylation is 1. The summed E-state index contributed by atoms with van der Waals surface area (Å²) < 4.78 is 5.74. The number of benzene rings is 1. The van der Waals surface area contributed by atoms with E-state index < -0.39 is 6.04 Å². The zero-order valence-electron chi connectivity index (χ0n) is 10.7. The van der Waals surface area contributed by atoms with E-state index in [0.29, 0.717) is 21.4 Å². The average Bonchev–Trinajstić information content (AvgIpc) is 2.84. The van der Waals surface area contributed by atoms with E-state index >= 15 is 0 Å². The second-order valence-corrected chi connectivity index (χ2v) is 5.39. The Bertz CT molecular complexity index is 783. The minimum absolute atomic E-state index is 0.450. The first-order valence-electron chi connectivity index (χ1n) is 6.13. The van der Waals surface area contributed by atoms with Gasteiger partial charge in [-0.25, -0.2) is 4.98 Å². The molecule has 0 saturated carbocycles. The quantitative estimate of drug-likeness (QED) is 0.759. The molecule has 1 aromatic carbocycles. The van der Waals surface area contributed by atoms with Gasteiger partial charge in [0.05, 0.1) is 16.1 Å². The molecule has 0 fully saturated rings. The van der Waals surface area contributed by atoms with Gasteiger partial charge in [-0.3, -0.25) is 0 Å². The standard InChI is InChI=1S/C15H12Cl2N2O/c1-8-5-6-12-11(19-8)7-13(20-12)15(18)9-3-2-4-10(16)14(9)17/h2-7,15H,18H2,1H3. The fourth-order valence-electron chi connectivity index (χ4n) is 2.11. The van der Waals surface area contributed by atoms with Crippen LogP contribution in [0.1, 0.15) is 23.1 Å². The molecule has 20 heavy (non-hydrogen) atoms. The Hall–Kier alpha value is -1.55. The molecule has 0 amide bonds. The third-order valence-electron chi connectivity index (χ3n) is 3.16. The Morgan fingerprint density at radius 3 is 2.80 bits per heavy atom. The summed E-state index contributed by atoms with van der Waals surface area (Å²) in [4.78, 5) is 4.40. The number of fused-ring (bicyclic) bond motifs is 1. The molecule has 5 heteroatoms. The van der Waals surface area contributed by atoms with Crippen molar-refractivity contribution in [3.05, 3.63) is 63.5 Å². The molecule has 2 heterocycles. The van der Waals surface area contributed by atoms with Crippen LogP contribution in [0.25, 0.3) is 11.1 Å². The summed E-state index contributed by atoms with van der Waals surface area (Å²) in [5, 5.41) is 0.927. The van der Waals surface area contributed by atoms with Crippen molar-refractivity contribution in [2.75, 3.05) is 0 Å². The van der Waals surface area contributed by atoms with E-state index in [4.69, 9.17) is 33.4 Å². The van der Waals surface area contributed by atoms with Crippen molar-refractivity contribution in [3.63, 3.8) is 0 Å². The molecule has 0 aliphatic carbocycles. The van der Waals surface area contributed by atoms with Crippen molar-refractivity contribution in [3.8, 4) is 0 Å². The van der Waals surface area contributed by atoms with Crippen LogP contribution in [-0.4, -0.2) is 4.98 Å². The first-order valence-corrected chi connectivity index (χ1v) is 6.88. The van der Waals surface area contributed by atoms with Crippen molar-refractivity contribution >= 4 is 34.3 Å². The van der Waals surface area contributed by atoms with Gasteiger partial charge in [-0.05, 0) is 30.7 Å². The van der Waals surface area contributed by atoms with Crippen LogP contribution in [-0.2, 0) is 0 Å². The molecule has 102 valence electrons. The van der Waals surface area contributed by atoms with Crippen LogP contribution in [0, 0.1) is 6.92 Å².